The van der Waals surface area contributed by atoms with Crippen molar-refractivity contribution >= 4 is 16.5 Å². The number of aromatic hydroxyl groups is 2. The highest BCUT2D eigenvalue weighted by atomic mass is 32.1. The summed E-state index contributed by atoms with van der Waals surface area (Å²) in [6.45, 7) is 9.33. The molecule has 0 bridgehead atoms. The molecule has 2 aromatic heterocycles. The number of rotatable bonds is 6. The van der Waals surface area contributed by atoms with Crippen LogP contribution in [0.5, 0.6) is 11.6 Å². The molecule has 1 aliphatic rings. The van der Waals surface area contributed by atoms with Gasteiger partial charge in [0.25, 0.3) is 0 Å². The molecule has 1 fully saturated rings. The van der Waals surface area contributed by atoms with Crippen molar-refractivity contribution in [1.29, 1.82) is 0 Å². The van der Waals surface area contributed by atoms with Gasteiger partial charge in [0.05, 0.1) is 23.8 Å². The Balaban J connectivity index is 1.59. The molecule has 1 saturated heterocycles. The number of hydrogen-bond acceptors (Lipinski definition) is 7. The Morgan fingerprint density at radius 2 is 1.87 bits per heavy atom. The Labute approximate surface area is 187 Å². The van der Waals surface area contributed by atoms with Gasteiger partial charge in [0.1, 0.15) is 5.75 Å². The molecule has 0 saturated carbocycles. The predicted octanol–water partition coefficient (Wildman–Crippen LogP) is 4.73. The van der Waals surface area contributed by atoms with Gasteiger partial charge < -0.3 is 19.8 Å². The SMILES string of the molecule is CCC(C)(C)c1cc(-c2cccc(Cc3sc(N4CCOCC4)nc3O)n2)ccc1O. The third-order valence-electron chi connectivity index (χ3n) is 6.00. The van der Waals surface area contributed by atoms with E-state index < -0.39 is 0 Å². The fourth-order valence-corrected chi connectivity index (χ4v) is 4.69. The number of pyridine rings is 1. The Hall–Kier alpha value is -2.64. The lowest BCUT2D eigenvalue weighted by Gasteiger charge is -2.25. The number of hydrogen-bond donors (Lipinski definition) is 2. The molecule has 0 spiro atoms. The second-order valence-electron chi connectivity index (χ2n) is 8.50. The van der Waals surface area contributed by atoms with Gasteiger partial charge in [-0.2, -0.15) is 4.98 Å². The zero-order valence-corrected chi connectivity index (χ0v) is 19.1. The van der Waals surface area contributed by atoms with Crippen LogP contribution in [0.3, 0.4) is 0 Å². The summed E-state index contributed by atoms with van der Waals surface area (Å²) in [4.78, 5) is 12.1. The molecule has 3 aromatic rings. The monoisotopic (exact) mass is 439 g/mol. The third kappa shape index (κ3) is 4.67. The first-order valence-corrected chi connectivity index (χ1v) is 11.5. The van der Waals surface area contributed by atoms with E-state index in [4.69, 9.17) is 9.72 Å². The van der Waals surface area contributed by atoms with Crippen LogP contribution >= 0.6 is 11.3 Å². The summed E-state index contributed by atoms with van der Waals surface area (Å²) in [5.74, 6) is 0.396. The van der Waals surface area contributed by atoms with Gasteiger partial charge >= 0.3 is 0 Å². The van der Waals surface area contributed by atoms with Gasteiger partial charge in [0, 0.05) is 36.3 Å². The number of phenols is 1. The van der Waals surface area contributed by atoms with E-state index in [1.807, 2.05) is 30.3 Å². The molecule has 2 N–H and O–H groups in total. The maximum absolute atomic E-state index is 10.4. The summed E-state index contributed by atoms with van der Waals surface area (Å²) in [5.41, 5.74) is 3.49. The minimum Gasteiger partial charge on any atom is -0.508 e. The van der Waals surface area contributed by atoms with Crippen LogP contribution in [-0.4, -0.2) is 46.5 Å². The van der Waals surface area contributed by atoms with Crippen LogP contribution in [0.15, 0.2) is 36.4 Å². The Morgan fingerprint density at radius 1 is 1.10 bits per heavy atom. The zero-order chi connectivity index (χ0) is 22.0. The molecule has 1 aromatic carbocycles. The van der Waals surface area contributed by atoms with E-state index in [1.54, 1.807) is 6.07 Å². The highest BCUT2D eigenvalue weighted by Crippen LogP contribution is 2.37. The number of nitrogens with zero attached hydrogens (tertiary/aromatic N) is 3. The number of aromatic nitrogens is 2. The number of ether oxygens (including phenoxy) is 1. The molecule has 0 aliphatic carbocycles. The molecule has 3 heterocycles. The molecule has 0 unspecified atom stereocenters. The second kappa shape index (κ2) is 8.85. The Kier molecular flexibility index (Phi) is 6.16. The van der Waals surface area contributed by atoms with Crippen LogP contribution in [0.1, 0.15) is 43.3 Å². The molecule has 4 rings (SSSR count). The van der Waals surface area contributed by atoms with Crippen LogP contribution in [0.4, 0.5) is 5.13 Å². The third-order valence-corrected chi connectivity index (χ3v) is 7.11. The Morgan fingerprint density at radius 3 is 2.61 bits per heavy atom. The normalized spacial score (nSPS) is 14.7. The maximum Gasteiger partial charge on any atom is 0.227 e. The van der Waals surface area contributed by atoms with E-state index >= 15 is 0 Å². The minimum absolute atomic E-state index is 0.0790. The fourth-order valence-electron chi connectivity index (χ4n) is 3.67. The molecule has 0 radical (unpaired) electrons. The summed E-state index contributed by atoms with van der Waals surface area (Å²) in [5, 5.41) is 21.6. The highest BCUT2D eigenvalue weighted by Gasteiger charge is 2.23. The zero-order valence-electron chi connectivity index (χ0n) is 18.3. The van der Waals surface area contributed by atoms with Gasteiger partial charge in [-0.25, -0.2) is 0 Å². The average molecular weight is 440 g/mol. The van der Waals surface area contributed by atoms with Gasteiger partial charge in [-0.15, -0.1) is 0 Å². The largest absolute Gasteiger partial charge is 0.508 e. The molecular weight excluding hydrogens is 410 g/mol. The predicted molar refractivity (Wildman–Crippen MR) is 124 cm³/mol. The minimum atomic E-state index is -0.123. The lowest BCUT2D eigenvalue weighted by Crippen LogP contribution is -2.36. The summed E-state index contributed by atoms with van der Waals surface area (Å²) in [6, 6.07) is 11.6. The first-order chi connectivity index (χ1) is 14.9. The van der Waals surface area contributed by atoms with Crippen LogP contribution in [0.2, 0.25) is 0 Å². The van der Waals surface area contributed by atoms with Crippen molar-refractivity contribution in [2.24, 2.45) is 0 Å². The van der Waals surface area contributed by atoms with Crippen molar-refractivity contribution in [1.82, 2.24) is 9.97 Å². The van der Waals surface area contributed by atoms with Gasteiger partial charge in [-0.05, 0) is 42.2 Å². The topological polar surface area (TPSA) is 78.7 Å². The number of morpholine rings is 1. The first kappa shape index (κ1) is 21.6. The van der Waals surface area contributed by atoms with Crippen molar-refractivity contribution in [3.05, 3.63) is 52.5 Å². The van der Waals surface area contributed by atoms with Gasteiger partial charge in [0.2, 0.25) is 5.88 Å². The van der Waals surface area contributed by atoms with Crippen LogP contribution in [-0.2, 0) is 16.6 Å². The van der Waals surface area contributed by atoms with E-state index in [0.717, 1.165) is 52.0 Å². The van der Waals surface area contributed by atoms with Gasteiger partial charge in [-0.1, -0.05) is 38.2 Å². The summed E-state index contributed by atoms with van der Waals surface area (Å²) < 4.78 is 5.40. The van der Waals surface area contributed by atoms with Crippen molar-refractivity contribution in [2.45, 2.75) is 39.0 Å². The van der Waals surface area contributed by atoms with Crippen molar-refractivity contribution < 1.29 is 14.9 Å². The number of phenolic OH excluding ortho intramolecular Hbond substituents is 1. The number of anilines is 1. The molecule has 0 amide bonds. The second-order valence-corrected chi connectivity index (χ2v) is 9.57. The number of benzene rings is 1. The van der Waals surface area contributed by atoms with Crippen LogP contribution in [0, 0.1) is 0 Å². The van der Waals surface area contributed by atoms with Crippen molar-refractivity contribution in [3.8, 4) is 22.9 Å². The molecule has 0 atom stereocenters. The molecular formula is C24H29N3O3S. The standard InChI is InChI=1S/C24H29N3O3S/c1-4-24(2,3)18-14-16(8-9-20(18)28)19-7-5-6-17(25-19)15-21-22(29)26-23(31-21)27-10-12-30-13-11-27/h5-9,14,28-29H,4,10-13,15H2,1-3H3. The smallest absolute Gasteiger partial charge is 0.227 e. The van der Waals surface area contributed by atoms with E-state index in [9.17, 15) is 10.2 Å². The Bertz CT molecular complexity index is 1060. The lowest BCUT2D eigenvalue weighted by atomic mass is 9.81. The molecule has 31 heavy (non-hydrogen) atoms. The van der Waals surface area contributed by atoms with E-state index in [0.29, 0.717) is 25.4 Å². The van der Waals surface area contributed by atoms with Gasteiger partial charge in [0.15, 0.2) is 5.13 Å². The number of thiazole rings is 1. The summed E-state index contributed by atoms with van der Waals surface area (Å²) in [6.07, 6.45) is 1.45. The fraction of sp³-hybridized carbons (Fsp3) is 0.417. The highest BCUT2D eigenvalue weighted by molar-refractivity contribution is 7.15. The quantitative estimate of drug-likeness (QED) is 0.578. The summed E-state index contributed by atoms with van der Waals surface area (Å²) in [7, 11) is 0. The van der Waals surface area contributed by atoms with Crippen molar-refractivity contribution in [3.63, 3.8) is 0 Å². The van der Waals surface area contributed by atoms with Crippen molar-refractivity contribution in [2.75, 3.05) is 31.2 Å². The molecule has 1 aliphatic heterocycles. The maximum atomic E-state index is 10.4. The van der Waals surface area contributed by atoms with E-state index in [2.05, 4.69) is 30.7 Å². The van der Waals surface area contributed by atoms with Crippen LogP contribution < -0.4 is 4.90 Å². The average Bonchev–Trinajstić information content (AvgIpc) is 3.15. The molecule has 7 heteroatoms. The van der Waals surface area contributed by atoms with E-state index in [-0.39, 0.29) is 11.3 Å². The van der Waals surface area contributed by atoms with Crippen LogP contribution in [0.25, 0.3) is 11.3 Å². The summed E-state index contributed by atoms with van der Waals surface area (Å²) >= 11 is 1.51. The molecule has 6 nitrogen and oxygen atoms in total. The lowest BCUT2D eigenvalue weighted by molar-refractivity contribution is 0.122. The molecule has 164 valence electrons. The first-order valence-electron chi connectivity index (χ1n) is 10.7. The van der Waals surface area contributed by atoms with Gasteiger partial charge in [-0.3, -0.25) is 4.98 Å². The van der Waals surface area contributed by atoms with E-state index in [1.165, 1.54) is 11.3 Å².